The molecule has 1 aliphatic rings. The summed E-state index contributed by atoms with van der Waals surface area (Å²) in [6.07, 6.45) is -3.47. The molecule has 1 fully saturated rings. The fraction of sp³-hybridized carbons (Fsp3) is 0.349. The van der Waals surface area contributed by atoms with E-state index in [1.807, 2.05) is 38.1 Å². The van der Waals surface area contributed by atoms with E-state index in [2.05, 4.69) is 19.6 Å². The molecule has 5 aromatic rings. The van der Waals surface area contributed by atoms with Crippen molar-refractivity contribution in [1.82, 2.24) is 19.8 Å². The van der Waals surface area contributed by atoms with Crippen LogP contribution in [-0.2, 0) is 40.1 Å². The van der Waals surface area contributed by atoms with Gasteiger partial charge in [0.05, 0.1) is 23.9 Å². The number of carbonyl (C=O) groups is 2. The molecule has 0 spiro atoms. The van der Waals surface area contributed by atoms with Crippen LogP contribution in [0.1, 0.15) is 56.1 Å². The Morgan fingerprint density at radius 2 is 1.51 bits per heavy atom. The first-order valence-corrected chi connectivity index (χ1v) is 18.7. The van der Waals surface area contributed by atoms with E-state index in [-0.39, 0.29) is 67.0 Å². The normalized spacial score (nSPS) is 14.1. The number of aromatic nitrogens is 2. The first kappa shape index (κ1) is 41.0. The first-order chi connectivity index (χ1) is 27.1. The fourth-order valence-electron chi connectivity index (χ4n) is 7.29. The number of hydrogen-bond acceptors (Lipinski definition) is 7. The number of ether oxygens (including phenoxy) is 2. The van der Waals surface area contributed by atoms with E-state index in [1.165, 1.54) is 36.4 Å². The average molecular weight is 791 g/mol. The lowest BCUT2D eigenvalue weighted by atomic mass is 9.94. The Morgan fingerprint density at radius 3 is 2.16 bits per heavy atom. The molecule has 1 saturated heterocycles. The number of likely N-dealkylation sites (tertiary alicyclic amines) is 1. The molecule has 9 nitrogen and oxygen atoms in total. The van der Waals surface area contributed by atoms with Crippen LogP contribution in [0.25, 0.3) is 22.0 Å². The average Bonchev–Trinajstić information content (AvgIpc) is 3.17. The Bertz CT molecular complexity index is 2270. The van der Waals surface area contributed by atoms with Gasteiger partial charge < -0.3 is 19.4 Å². The van der Waals surface area contributed by atoms with Gasteiger partial charge in [-0.2, -0.15) is 4.98 Å². The molecule has 0 atom stereocenters. The zero-order valence-corrected chi connectivity index (χ0v) is 31.8. The zero-order valence-electron chi connectivity index (χ0n) is 31.8. The van der Waals surface area contributed by atoms with E-state index in [9.17, 15) is 36.3 Å². The molecule has 1 amide bonds. The highest BCUT2D eigenvalue weighted by Gasteiger charge is 2.39. The smallest absolute Gasteiger partial charge is 0.465 e. The lowest BCUT2D eigenvalue weighted by Crippen LogP contribution is -2.56. The highest BCUT2D eigenvalue weighted by Crippen LogP contribution is 2.29. The maximum absolute atomic E-state index is 14.4. The number of benzene rings is 4. The van der Waals surface area contributed by atoms with Gasteiger partial charge in [-0.05, 0) is 92.1 Å². The summed E-state index contributed by atoms with van der Waals surface area (Å²) in [5, 5.41) is 0.258. The van der Waals surface area contributed by atoms with Crippen LogP contribution in [0.5, 0.6) is 5.75 Å². The van der Waals surface area contributed by atoms with E-state index >= 15 is 0 Å². The summed E-state index contributed by atoms with van der Waals surface area (Å²) in [5.41, 5.74) is 1.96. The quantitative estimate of drug-likeness (QED) is 0.0955. The fourth-order valence-corrected chi connectivity index (χ4v) is 7.29. The SMILES string of the molecule is CCOC(=O)C(C)(C)N1CCC(N(Cc2ccc(-c3ccc(OC(F)(F)F)cc3)cc2)C(=O)Cc2cccc3[nH]c(CCc4cccc(F)c4F)nc(=O)c23)CC1. The third-order valence-electron chi connectivity index (χ3n) is 10.4. The Labute approximate surface area is 326 Å². The summed E-state index contributed by atoms with van der Waals surface area (Å²) in [4.78, 5) is 51.8. The molecule has 0 radical (unpaired) electrons. The van der Waals surface area contributed by atoms with Crippen molar-refractivity contribution in [1.29, 1.82) is 0 Å². The number of fused-ring (bicyclic) bond motifs is 1. The minimum Gasteiger partial charge on any atom is -0.465 e. The van der Waals surface area contributed by atoms with Gasteiger partial charge in [0, 0.05) is 32.1 Å². The largest absolute Gasteiger partial charge is 0.573 e. The van der Waals surface area contributed by atoms with Gasteiger partial charge >= 0.3 is 12.3 Å². The van der Waals surface area contributed by atoms with Gasteiger partial charge in [0.2, 0.25) is 5.91 Å². The number of H-pyrrole nitrogens is 1. The minimum atomic E-state index is -4.79. The van der Waals surface area contributed by atoms with E-state index < -0.39 is 29.1 Å². The van der Waals surface area contributed by atoms with Gasteiger partial charge in [-0.3, -0.25) is 19.3 Å². The molecule has 1 N–H and O–H groups in total. The number of piperidine rings is 1. The second kappa shape index (κ2) is 17.2. The maximum Gasteiger partial charge on any atom is 0.573 e. The predicted octanol–water partition coefficient (Wildman–Crippen LogP) is 7.93. The van der Waals surface area contributed by atoms with Crippen LogP contribution < -0.4 is 10.3 Å². The molecule has 0 bridgehead atoms. The summed E-state index contributed by atoms with van der Waals surface area (Å²) in [7, 11) is 0. The molecule has 1 aliphatic heterocycles. The number of halogens is 5. The Kier molecular flexibility index (Phi) is 12.4. The molecule has 4 aromatic carbocycles. The van der Waals surface area contributed by atoms with Crippen molar-refractivity contribution in [3.05, 3.63) is 129 Å². The van der Waals surface area contributed by atoms with Crippen molar-refractivity contribution >= 4 is 22.8 Å². The van der Waals surface area contributed by atoms with Crippen LogP contribution in [0.15, 0.2) is 89.7 Å². The number of esters is 1. The highest BCUT2D eigenvalue weighted by molar-refractivity contribution is 5.88. The number of aromatic amines is 1. The van der Waals surface area contributed by atoms with Crippen molar-refractivity contribution in [3.63, 3.8) is 0 Å². The van der Waals surface area contributed by atoms with E-state index in [0.29, 0.717) is 48.4 Å². The molecule has 57 heavy (non-hydrogen) atoms. The Hall–Kier alpha value is -5.63. The topological polar surface area (TPSA) is 105 Å². The van der Waals surface area contributed by atoms with Gasteiger partial charge in [-0.1, -0.05) is 60.7 Å². The number of hydrogen-bond donors (Lipinski definition) is 1. The van der Waals surface area contributed by atoms with Crippen molar-refractivity contribution in [2.24, 2.45) is 0 Å². The van der Waals surface area contributed by atoms with E-state index in [1.54, 1.807) is 30.0 Å². The third-order valence-corrected chi connectivity index (χ3v) is 10.4. The number of carbonyl (C=O) groups excluding carboxylic acids is 2. The minimum absolute atomic E-state index is 0.102. The van der Waals surface area contributed by atoms with Gasteiger partial charge in [0.1, 0.15) is 17.1 Å². The number of amides is 1. The Morgan fingerprint density at radius 1 is 0.877 bits per heavy atom. The molecule has 14 heteroatoms. The predicted molar refractivity (Wildman–Crippen MR) is 204 cm³/mol. The number of rotatable bonds is 13. The van der Waals surface area contributed by atoms with Gasteiger partial charge in [-0.15, -0.1) is 13.2 Å². The molecule has 0 aliphatic carbocycles. The number of nitrogens with zero attached hydrogens (tertiary/aromatic N) is 3. The summed E-state index contributed by atoms with van der Waals surface area (Å²) < 4.78 is 75.3. The second-order valence-electron chi connectivity index (χ2n) is 14.5. The Balaban J connectivity index is 1.23. The highest BCUT2D eigenvalue weighted by atomic mass is 19.4. The lowest BCUT2D eigenvalue weighted by Gasteiger charge is -2.44. The number of alkyl halides is 3. The van der Waals surface area contributed by atoms with Gasteiger partial charge in [-0.25, -0.2) is 8.78 Å². The maximum atomic E-state index is 14.4. The van der Waals surface area contributed by atoms with Crippen LogP contribution in [0, 0.1) is 11.6 Å². The molecule has 300 valence electrons. The number of aryl methyl sites for hydroxylation is 2. The van der Waals surface area contributed by atoms with E-state index in [0.717, 1.165) is 17.2 Å². The van der Waals surface area contributed by atoms with Crippen molar-refractivity contribution in [2.45, 2.75) is 77.4 Å². The van der Waals surface area contributed by atoms with Crippen LogP contribution >= 0.6 is 0 Å². The first-order valence-electron chi connectivity index (χ1n) is 18.7. The van der Waals surface area contributed by atoms with Crippen LogP contribution in [0.3, 0.4) is 0 Å². The van der Waals surface area contributed by atoms with Crippen molar-refractivity contribution < 1.29 is 41.0 Å². The molecular formula is C43H43F5N4O5. The summed E-state index contributed by atoms with van der Waals surface area (Å²) >= 11 is 0. The molecule has 2 heterocycles. The summed E-state index contributed by atoms with van der Waals surface area (Å²) in [5.74, 6) is -2.46. The van der Waals surface area contributed by atoms with E-state index in [4.69, 9.17) is 4.74 Å². The third kappa shape index (κ3) is 9.85. The zero-order chi connectivity index (χ0) is 40.9. The standard InChI is InChI=1S/C43H43F5N4O5/c1-4-56-41(55)42(2,3)51-23-21-32(22-24-51)52(26-27-11-13-28(14-12-27)29-15-18-33(19-16-29)57-43(46,47)48)37(53)25-31-8-6-10-35-38(31)40(54)50-36(49-35)20-17-30-7-5-9-34(44)39(30)45/h5-16,18-19,32H,4,17,20-26H2,1-3H3,(H,49,50,54). The second-order valence-corrected chi connectivity index (χ2v) is 14.5. The van der Waals surface area contributed by atoms with Crippen LogP contribution in [0.4, 0.5) is 22.0 Å². The monoisotopic (exact) mass is 790 g/mol. The molecule has 6 rings (SSSR count). The van der Waals surface area contributed by atoms with Crippen molar-refractivity contribution in [3.8, 4) is 16.9 Å². The van der Waals surface area contributed by atoms with Gasteiger partial charge in [0.15, 0.2) is 11.6 Å². The van der Waals surface area contributed by atoms with Crippen molar-refractivity contribution in [2.75, 3.05) is 19.7 Å². The number of nitrogens with one attached hydrogen (secondary N) is 1. The summed E-state index contributed by atoms with van der Waals surface area (Å²) in [6.45, 7) is 6.98. The van der Waals surface area contributed by atoms with Crippen LogP contribution in [-0.4, -0.2) is 69.3 Å². The molecule has 0 unspecified atom stereocenters. The lowest BCUT2D eigenvalue weighted by molar-refractivity contribution is -0.274. The molecule has 0 saturated carbocycles. The molecule has 1 aromatic heterocycles. The molecular weight excluding hydrogens is 747 g/mol. The summed E-state index contributed by atoms with van der Waals surface area (Å²) in [6, 6.07) is 21.8. The van der Waals surface area contributed by atoms with Crippen LogP contribution in [0.2, 0.25) is 0 Å². The van der Waals surface area contributed by atoms with Gasteiger partial charge in [0.25, 0.3) is 5.56 Å².